The highest BCUT2D eigenvalue weighted by Crippen LogP contribution is 2.48. The third kappa shape index (κ3) is 3.07. The van der Waals surface area contributed by atoms with E-state index in [1.807, 2.05) is 37.4 Å². The summed E-state index contributed by atoms with van der Waals surface area (Å²) in [6, 6.07) is 15.4. The number of allylic oxidation sites excluding steroid dienone is 2. The molecule has 0 spiro atoms. The molecular formula is C25H24N2O3. The number of aromatic nitrogens is 1. The number of nitrogens with zero attached hydrogens (tertiary/aromatic N) is 1. The second-order valence-electron chi connectivity index (χ2n) is 7.72. The average molecular weight is 400 g/mol. The van der Waals surface area contributed by atoms with E-state index in [0.717, 1.165) is 52.6 Å². The molecule has 5 nitrogen and oxygen atoms in total. The van der Waals surface area contributed by atoms with Gasteiger partial charge in [-0.25, -0.2) is 0 Å². The van der Waals surface area contributed by atoms with Crippen LogP contribution in [0.2, 0.25) is 0 Å². The lowest BCUT2D eigenvalue weighted by atomic mass is 9.79. The lowest BCUT2D eigenvalue weighted by Crippen LogP contribution is -2.25. The highest BCUT2D eigenvalue weighted by molar-refractivity contribution is 5.79. The normalized spacial score (nSPS) is 17.9. The van der Waals surface area contributed by atoms with E-state index < -0.39 is 0 Å². The van der Waals surface area contributed by atoms with E-state index in [1.54, 1.807) is 12.1 Å². The third-order valence-electron chi connectivity index (χ3n) is 5.84. The van der Waals surface area contributed by atoms with Crippen LogP contribution in [0, 0.1) is 0 Å². The highest BCUT2D eigenvalue weighted by Gasteiger charge is 2.36. The molecule has 1 aliphatic carbocycles. The number of para-hydroxylation sites is 1. The Morgan fingerprint density at radius 2 is 2.03 bits per heavy atom. The van der Waals surface area contributed by atoms with Gasteiger partial charge in [-0.15, -0.1) is 0 Å². The molecular weight excluding hydrogens is 376 g/mol. The maximum absolute atomic E-state index is 9.98. The summed E-state index contributed by atoms with van der Waals surface area (Å²) in [5, 5.41) is 11.0. The minimum absolute atomic E-state index is 0.141. The molecule has 5 heteroatoms. The predicted octanol–water partition coefficient (Wildman–Crippen LogP) is 5.11. The zero-order valence-corrected chi connectivity index (χ0v) is 16.9. The summed E-state index contributed by atoms with van der Waals surface area (Å²) in [5.74, 6) is 1.67. The van der Waals surface area contributed by atoms with Crippen molar-refractivity contribution in [3.63, 3.8) is 0 Å². The van der Waals surface area contributed by atoms with Crippen LogP contribution in [-0.4, -0.2) is 16.7 Å². The number of benzene rings is 2. The Bertz CT molecular complexity index is 1190. The Labute approximate surface area is 175 Å². The summed E-state index contributed by atoms with van der Waals surface area (Å²) >= 11 is 0. The highest BCUT2D eigenvalue weighted by atomic mass is 16.5. The molecule has 2 aliphatic rings. The molecule has 5 rings (SSSR count). The van der Waals surface area contributed by atoms with Gasteiger partial charge in [-0.3, -0.25) is 4.98 Å². The molecule has 3 aromatic rings. The number of aromatic hydroxyl groups is 1. The van der Waals surface area contributed by atoms with Crippen LogP contribution >= 0.6 is 0 Å². The molecule has 1 fully saturated rings. The van der Waals surface area contributed by atoms with Crippen LogP contribution in [-0.2, 0) is 4.74 Å². The van der Waals surface area contributed by atoms with Crippen molar-refractivity contribution in [3.05, 3.63) is 88.6 Å². The number of nitrogens with two attached hydrogens (primary N) is 1. The average Bonchev–Trinajstić information content (AvgIpc) is 2.71. The first-order chi connectivity index (χ1) is 14.7. The number of phenolic OH excluding ortho intramolecular Hbond substituents is 1. The van der Waals surface area contributed by atoms with Crippen molar-refractivity contribution in [2.24, 2.45) is 5.73 Å². The Balaban J connectivity index is 1.74. The lowest BCUT2D eigenvalue weighted by molar-refractivity contribution is 0.220. The van der Waals surface area contributed by atoms with Crippen molar-refractivity contribution >= 4 is 10.9 Å². The second kappa shape index (κ2) is 7.41. The fraction of sp³-hybridized carbons (Fsp3) is 0.240. The van der Waals surface area contributed by atoms with E-state index >= 15 is 0 Å². The quantitative estimate of drug-likeness (QED) is 0.595. The SMILES string of the molecule is CCOC(=C1CCC1)C1=C(N)Oc2cc(O)ccc2C1c1cnc2ccccc2c1. The van der Waals surface area contributed by atoms with Gasteiger partial charge in [0.1, 0.15) is 17.3 Å². The van der Waals surface area contributed by atoms with Gasteiger partial charge in [0, 0.05) is 29.1 Å². The van der Waals surface area contributed by atoms with Crippen LogP contribution in [0.3, 0.4) is 0 Å². The first kappa shape index (κ1) is 18.6. The monoisotopic (exact) mass is 400 g/mol. The Hall–Kier alpha value is -3.47. The molecule has 2 aromatic carbocycles. The van der Waals surface area contributed by atoms with Crippen LogP contribution in [0.4, 0.5) is 0 Å². The summed E-state index contributed by atoms with van der Waals surface area (Å²) < 4.78 is 12.1. The number of ether oxygens (including phenoxy) is 2. The molecule has 2 heterocycles. The second-order valence-corrected chi connectivity index (χ2v) is 7.72. The summed E-state index contributed by atoms with van der Waals surface area (Å²) in [7, 11) is 0. The van der Waals surface area contributed by atoms with E-state index in [0.29, 0.717) is 18.2 Å². The van der Waals surface area contributed by atoms with E-state index in [2.05, 4.69) is 17.1 Å². The number of rotatable bonds is 4. The van der Waals surface area contributed by atoms with Crippen molar-refractivity contribution in [1.82, 2.24) is 4.98 Å². The van der Waals surface area contributed by atoms with Gasteiger partial charge in [-0.2, -0.15) is 0 Å². The molecule has 1 aromatic heterocycles. The van der Waals surface area contributed by atoms with Crippen LogP contribution in [0.15, 0.2) is 77.5 Å². The molecule has 1 unspecified atom stereocenters. The smallest absolute Gasteiger partial charge is 0.198 e. The van der Waals surface area contributed by atoms with Gasteiger partial charge >= 0.3 is 0 Å². The fourth-order valence-corrected chi connectivity index (χ4v) is 4.25. The summed E-state index contributed by atoms with van der Waals surface area (Å²) in [6.07, 6.45) is 5.08. The molecule has 1 aliphatic heterocycles. The summed E-state index contributed by atoms with van der Waals surface area (Å²) in [6.45, 7) is 2.54. The zero-order chi connectivity index (χ0) is 20.7. The molecule has 1 saturated carbocycles. The number of fused-ring (bicyclic) bond motifs is 2. The van der Waals surface area contributed by atoms with E-state index in [4.69, 9.17) is 15.2 Å². The minimum Gasteiger partial charge on any atom is -0.508 e. The van der Waals surface area contributed by atoms with Gasteiger partial charge in [0.25, 0.3) is 0 Å². The molecule has 0 radical (unpaired) electrons. The predicted molar refractivity (Wildman–Crippen MR) is 116 cm³/mol. The largest absolute Gasteiger partial charge is 0.508 e. The van der Waals surface area contributed by atoms with E-state index in [-0.39, 0.29) is 11.7 Å². The van der Waals surface area contributed by atoms with Crippen LogP contribution in [0.25, 0.3) is 10.9 Å². The zero-order valence-electron chi connectivity index (χ0n) is 16.9. The number of pyridine rings is 1. The van der Waals surface area contributed by atoms with Crippen molar-refractivity contribution in [3.8, 4) is 11.5 Å². The molecule has 3 N–H and O–H groups in total. The molecule has 0 bridgehead atoms. The van der Waals surface area contributed by atoms with Crippen LogP contribution in [0.5, 0.6) is 11.5 Å². The molecule has 152 valence electrons. The van der Waals surface area contributed by atoms with E-state index in [9.17, 15) is 5.11 Å². The number of hydrogen-bond donors (Lipinski definition) is 2. The van der Waals surface area contributed by atoms with Gasteiger partial charge in [0.2, 0.25) is 0 Å². The van der Waals surface area contributed by atoms with Crippen molar-refractivity contribution in [2.75, 3.05) is 6.61 Å². The number of hydrogen-bond acceptors (Lipinski definition) is 5. The maximum atomic E-state index is 9.98. The Morgan fingerprint density at radius 1 is 1.20 bits per heavy atom. The van der Waals surface area contributed by atoms with Gasteiger partial charge in [0.05, 0.1) is 17.7 Å². The lowest BCUT2D eigenvalue weighted by Gasteiger charge is -2.33. The minimum atomic E-state index is -0.193. The summed E-state index contributed by atoms with van der Waals surface area (Å²) in [4.78, 5) is 4.68. The Kier molecular flexibility index (Phi) is 4.58. The maximum Gasteiger partial charge on any atom is 0.198 e. The van der Waals surface area contributed by atoms with Gasteiger partial charge in [-0.1, -0.05) is 24.3 Å². The van der Waals surface area contributed by atoms with Crippen LogP contribution in [0.1, 0.15) is 43.2 Å². The molecule has 1 atom stereocenters. The van der Waals surface area contributed by atoms with Crippen molar-refractivity contribution in [1.29, 1.82) is 0 Å². The summed E-state index contributed by atoms with van der Waals surface area (Å²) in [5.41, 5.74) is 11.5. The van der Waals surface area contributed by atoms with Crippen molar-refractivity contribution < 1.29 is 14.6 Å². The van der Waals surface area contributed by atoms with E-state index in [1.165, 1.54) is 5.57 Å². The Morgan fingerprint density at radius 3 is 2.80 bits per heavy atom. The fourth-order valence-electron chi connectivity index (χ4n) is 4.25. The molecule has 0 amide bonds. The topological polar surface area (TPSA) is 77.6 Å². The van der Waals surface area contributed by atoms with Gasteiger partial charge < -0.3 is 20.3 Å². The van der Waals surface area contributed by atoms with Crippen molar-refractivity contribution in [2.45, 2.75) is 32.1 Å². The first-order valence-electron chi connectivity index (χ1n) is 10.4. The molecule has 30 heavy (non-hydrogen) atoms. The third-order valence-corrected chi connectivity index (χ3v) is 5.84. The number of phenols is 1. The van der Waals surface area contributed by atoms with Crippen LogP contribution < -0.4 is 10.5 Å². The van der Waals surface area contributed by atoms with Gasteiger partial charge in [-0.05, 0) is 55.5 Å². The van der Waals surface area contributed by atoms with Gasteiger partial charge in [0.15, 0.2) is 5.88 Å². The first-order valence-corrected chi connectivity index (χ1v) is 10.4. The standard InChI is InChI=1S/C25H24N2O3/c1-2-29-24(15-7-5-8-15)23-22(17-12-16-6-3-4-9-20(16)27-14-17)19-11-10-18(28)13-21(19)30-25(23)26/h3-4,6,9-14,22,28H,2,5,7-8,26H2,1H3. The molecule has 0 saturated heterocycles.